The molecule has 2 atom stereocenters. The average molecular weight is 424 g/mol. The summed E-state index contributed by atoms with van der Waals surface area (Å²) in [5.74, 6) is -0.705. The van der Waals surface area contributed by atoms with Crippen LogP contribution in [0.25, 0.3) is 0 Å². The molecule has 156 valence electrons. The van der Waals surface area contributed by atoms with Crippen LogP contribution in [0, 0.1) is 17.5 Å². The summed E-state index contributed by atoms with van der Waals surface area (Å²) >= 11 is 1.64. The van der Waals surface area contributed by atoms with Crippen molar-refractivity contribution in [1.82, 2.24) is 4.90 Å². The van der Waals surface area contributed by atoms with Gasteiger partial charge in [-0.1, -0.05) is 31.5 Å². The molecule has 1 fully saturated rings. The number of unbranched alkanes of at least 4 members (excludes halogenated alkanes) is 1. The van der Waals surface area contributed by atoms with Gasteiger partial charge in [0.15, 0.2) is 6.54 Å². The highest BCUT2D eigenvalue weighted by Crippen LogP contribution is 2.37. The van der Waals surface area contributed by atoms with E-state index in [0.29, 0.717) is 13.1 Å². The average Bonchev–Trinajstić information content (AvgIpc) is 3.19. The van der Waals surface area contributed by atoms with E-state index < -0.39 is 11.6 Å². The standard InChI is InChI=1S/C22H25F3N2OS/c1-2-3-11-26(14-18-19(24)5-4-6-20(18)25)15-21(28)27-12-13-29-22(27)16-7-9-17(23)10-8-16/h4-10,22H,2-3,11-15H2,1H3/p+1/t22-/m1/s1. The molecule has 0 bridgehead atoms. The highest BCUT2D eigenvalue weighted by molar-refractivity contribution is 7.99. The van der Waals surface area contributed by atoms with Gasteiger partial charge in [0.25, 0.3) is 5.91 Å². The van der Waals surface area contributed by atoms with Crippen molar-refractivity contribution in [3.8, 4) is 0 Å². The summed E-state index contributed by atoms with van der Waals surface area (Å²) in [6.45, 7) is 3.63. The molecule has 3 nitrogen and oxygen atoms in total. The van der Waals surface area contributed by atoms with Crippen LogP contribution in [0.3, 0.4) is 0 Å². The Balaban J connectivity index is 1.72. The van der Waals surface area contributed by atoms with Gasteiger partial charge in [0.2, 0.25) is 0 Å². The predicted octanol–water partition coefficient (Wildman–Crippen LogP) is 3.56. The molecule has 0 spiro atoms. The number of halogens is 3. The number of carbonyl (C=O) groups excluding carboxylic acids is 1. The SMILES string of the molecule is CCCC[NH+](CC(=O)N1CCS[C@@H]1c1ccc(F)cc1)Cc1c(F)cccc1F. The Labute approximate surface area is 173 Å². The Morgan fingerprint density at radius 1 is 1.14 bits per heavy atom. The maximum atomic E-state index is 14.1. The third-order valence-corrected chi connectivity index (χ3v) is 6.40. The van der Waals surface area contributed by atoms with E-state index in [1.165, 1.54) is 30.3 Å². The molecule has 1 aliphatic heterocycles. The molecule has 29 heavy (non-hydrogen) atoms. The van der Waals surface area contributed by atoms with Crippen LogP contribution in [0.4, 0.5) is 13.2 Å². The second-order valence-electron chi connectivity index (χ2n) is 7.27. The first-order valence-corrected chi connectivity index (χ1v) is 11.0. The number of amides is 1. The Morgan fingerprint density at radius 2 is 1.83 bits per heavy atom. The van der Waals surface area contributed by atoms with Crippen molar-refractivity contribution in [2.45, 2.75) is 31.7 Å². The van der Waals surface area contributed by atoms with Gasteiger partial charge >= 0.3 is 0 Å². The summed E-state index contributed by atoms with van der Waals surface area (Å²) in [4.78, 5) is 15.7. The largest absolute Gasteiger partial charge is 0.323 e. The minimum atomic E-state index is -0.577. The molecule has 0 aliphatic carbocycles. The Kier molecular flexibility index (Phi) is 7.61. The zero-order valence-electron chi connectivity index (χ0n) is 16.5. The van der Waals surface area contributed by atoms with E-state index >= 15 is 0 Å². The number of carbonyl (C=O) groups is 1. The second kappa shape index (κ2) is 10.2. The lowest BCUT2D eigenvalue weighted by Gasteiger charge is -2.27. The summed E-state index contributed by atoms with van der Waals surface area (Å²) < 4.78 is 41.4. The number of quaternary nitrogens is 1. The van der Waals surface area contributed by atoms with Gasteiger partial charge in [0.05, 0.1) is 12.1 Å². The van der Waals surface area contributed by atoms with Crippen LogP contribution in [0.1, 0.15) is 36.3 Å². The van der Waals surface area contributed by atoms with Gasteiger partial charge in [-0.25, -0.2) is 13.2 Å². The topological polar surface area (TPSA) is 24.8 Å². The summed E-state index contributed by atoms with van der Waals surface area (Å²) in [5.41, 5.74) is 0.912. The minimum absolute atomic E-state index is 0.0253. The maximum absolute atomic E-state index is 14.1. The number of nitrogens with one attached hydrogen (secondary N) is 1. The van der Waals surface area contributed by atoms with Crippen LogP contribution in [0.5, 0.6) is 0 Å². The lowest BCUT2D eigenvalue weighted by atomic mass is 10.1. The van der Waals surface area contributed by atoms with Gasteiger partial charge in [-0.05, 0) is 36.2 Å². The molecule has 3 rings (SSSR count). The van der Waals surface area contributed by atoms with Crippen LogP contribution in [-0.4, -0.2) is 36.2 Å². The van der Waals surface area contributed by atoms with Crippen molar-refractivity contribution in [3.05, 3.63) is 71.0 Å². The highest BCUT2D eigenvalue weighted by Gasteiger charge is 2.32. The van der Waals surface area contributed by atoms with E-state index in [0.717, 1.165) is 29.1 Å². The van der Waals surface area contributed by atoms with E-state index in [-0.39, 0.29) is 35.8 Å². The van der Waals surface area contributed by atoms with Crippen LogP contribution in [-0.2, 0) is 11.3 Å². The number of hydrogen-bond acceptors (Lipinski definition) is 2. The molecule has 1 aliphatic rings. The molecular formula is C22H26F3N2OS+. The zero-order valence-corrected chi connectivity index (χ0v) is 17.3. The lowest BCUT2D eigenvalue weighted by molar-refractivity contribution is -0.906. The first-order chi connectivity index (χ1) is 14.0. The molecule has 2 aromatic carbocycles. The molecular weight excluding hydrogens is 397 g/mol. The van der Waals surface area contributed by atoms with Crippen molar-refractivity contribution >= 4 is 17.7 Å². The van der Waals surface area contributed by atoms with Gasteiger partial charge < -0.3 is 9.80 Å². The number of thioether (sulfide) groups is 1. The first kappa shape index (κ1) is 21.7. The summed E-state index contributed by atoms with van der Waals surface area (Å²) in [6, 6.07) is 10.1. The normalized spacial score (nSPS) is 17.5. The molecule has 2 aromatic rings. The van der Waals surface area contributed by atoms with Gasteiger partial charge in [0.1, 0.15) is 29.4 Å². The third-order valence-electron chi connectivity index (χ3n) is 5.14. The van der Waals surface area contributed by atoms with Crippen molar-refractivity contribution < 1.29 is 22.9 Å². The molecule has 1 unspecified atom stereocenters. The monoisotopic (exact) mass is 423 g/mol. The van der Waals surface area contributed by atoms with E-state index in [9.17, 15) is 18.0 Å². The van der Waals surface area contributed by atoms with Gasteiger partial charge in [-0.3, -0.25) is 4.79 Å². The fourth-order valence-corrected chi connectivity index (χ4v) is 4.84. The highest BCUT2D eigenvalue weighted by atomic mass is 32.2. The van der Waals surface area contributed by atoms with Crippen molar-refractivity contribution in [2.75, 3.05) is 25.4 Å². The van der Waals surface area contributed by atoms with Gasteiger partial charge in [0, 0.05) is 12.3 Å². The Bertz CT molecular complexity index is 811. The van der Waals surface area contributed by atoms with E-state index in [1.54, 1.807) is 28.8 Å². The van der Waals surface area contributed by atoms with Crippen molar-refractivity contribution in [1.29, 1.82) is 0 Å². The molecule has 1 N–H and O–H groups in total. The van der Waals surface area contributed by atoms with Gasteiger partial charge in [-0.15, -0.1) is 11.8 Å². The smallest absolute Gasteiger partial charge is 0.278 e. The molecule has 0 radical (unpaired) electrons. The molecule has 0 aromatic heterocycles. The first-order valence-electron chi connectivity index (χ1n) is 9.92. The summed E-state index contributed by atoms with van der Waals surface area (Å²) in [7, 11) is 0. The van der Waals surface area contributed by atoms with Crippen LogP contribution in [0.15, 0.2) is 42.5 Å². The third kappa shape index (κ3) is 5.54. The maximum Gasteiger partial charge on any atom is 0.278 e. The lowest BCUT2D eigenvalue weighted by Crippen LogP contribution is -3.12. The van der Waals surface area contributed by atoms with Gasteiger partial charge in [-0.2, -0.15) is 0 Å². The number of benzene rings is 2. The fraction of sp³-hybridized carbons (Fsp3) is 0.409. The fourth-order valence-electron chi connectivity index (χ4n) is 3.56. The van der Waals surface area contributed by atoms with Crippen LogP contribution >= 0.6 is 11.8 Å². The number of rotatable bonds is 8. The summed E-state index contributed by atoms with van der Waals surface area (Å²) in [6.07, 6.45) is 1.81. The van der Waals surface area contributed by atoms with Crippen LogP contribution in [0.2, 0.25) is 0 Å². The van der Waals surface area contributed by atoms with Crippen LogP contribution < -0.4 is 4.90 Å². The molecule has 7 heteroatoms. The quantitative estimate of drug-likeness (QED) is 0.702. The molecule has 0 saturated carbocycles. The minimum Gasteiger partial charge on any atom is -0.323 e. The molecule has 1 heterocycles. The van der Waals surface area contributed by atoms with Crippen molar-refractivity contribution in [3.63, 3.8) is 0 Å². The van der Waals surface area contributed by atoms with E-state index in [4.69, 9.17) is 0 Å². The van der Waals surface area contributed by atoms with E-state index in [1.807, 2.05) is 6.92 Å². The number of nitrogens with zero attached hydrogens (tertiary/aromatic N) is 1. The molecule has 1 amide bonds. The Hall–Kier alpha value is -1.99. The summed E-state index contributed by atoms with van der Waals surface area (Å²) in [5, 5.41) is -0.152. The molecule has 1 saturated heterocycles. The Morgan fingerprint density at radius 3 is 2.48 bits per heavy atom. The predicted molar refractivity (Wildman–Crippen MR) is 109 cm³/mol. The zero-order chi connectivity index (χ0) is 20.8. The van der Waals surface area contributed by atoms with E-state index in [2.05, 4.69) is 0 Å². The number of hydrogen-bond donors (Lipinski definition) is 1. The van der Waals surface area contributed by atoms with Crippen molar-refractivity contribution in [2.24, 2.45) is 0 Å². The second-order valence-corrected chi connectivity index (χ2v) is 8.46.